The van der Waals surface area contributed by atoms with Gasteiger partial charge in [-0.3, -0.25) is 4.79 Å². The van der Waals surface area contributed by atoms with Crippen LogP contribution in [-0.2, 0) is 0 Å². The van der Waals surface area contributed by atoms with Crippen LogP contribution in [0.3, 0.4) is 0 Å². The number of hydrogen-bond acceptors (Lipinski definition) is 2. The lowest BCUT2D eigenvalue weighted by molar-refractivity contribution is 0.112. The molecule has 0 aliphatic rings. The van der Waals surface area contributed by atoms with E-state index in [1.807, 2.05) is 37.3 Å². The van der Waals surface area contributed by atoms with Crippen molar-refractivity contribution in [1.82, 2.24) is 0 Å². The minimum atomic E-state index is 0.182. The number of phenolic OH excluding ortho intramolecular Hbond substituents is 1. The van der Waals surface area contributed by atoms with Gasteiger partial charge in [0.25, 0.3) is 0 Å². The maximum atomic E-state index is 11.1. The van der Waals surface area contributed by atoms with Gasteiger partial charge in [-0.2, -0.15) is 0 Å². The summed E-state index contributed by atoms with van der Waals surface area (Å²) >= 11 is 0. The van der Waals surface area contributed by atoms with Crippen molar-refractivity contribution in [1.29, 1.82) is 0 Å². The van der Waals surface area contributed by atoms with E-state index in [9.17, 15) is 9.90 Å². The molecule has 2 aromatic carbocycles. The van der Waals surface area contributed by atoms with E-state index in [0.717, 1.165) is 23.0 Å². The fraction of sp³-hybridized carbons (Fsp3) is 0.0714. The first kappa shape index (κ1) is 10.4. The molecule has 0 atom stereocenters. The third-order valence-electron chi connectivity index (χ3n) is 2.57. The van der Waals surface area contributed by atoms with E-state index in [4.69, 9.17) is 0 Å². The Labute approximate surface area is 94.2 Å². The quantitative estimate of drug-likeness (QED) is 0.776. The number of hydrogen-bond donors (Lipinski definition) is 1. The van der Waals surface area contributed by atoms with Gasteiger partial charge in [0.05, 0.1) is 0 Å². The van der Waals surface area contributed by atoms with Crippen LogP contribution in [0.1, 0.15) is 15.9 Å². The Morgan fingerprint density at radius 2 is 1.81 bits per heavy atom. The van der Waals surface area contributed by atoms with E-state index in [1.165, 1.54) is 0 Å². The Balaban J connectivity index is 2.69. The number of aromatic hydroxyl groups is 1. The first-order chi connectivity index (χ1) is 7.72. The van der Waals surface area contributed by atoms with Crippen LogP contribution in [0.25, 0.3) is 11.1 Å². The lowest BCUT2D eigenvalue weighted by Crippen LogP contribution is -1.91. The van der Waals surface area contributed by atoms with Gasteiger partial charge in [-0.25, -0.2) is 0 Å². The van der Waals surface area contributed by atoms with Crippen molar-refractivity contribution in [2.45, 2.75) is 6.92 Å². The highest BCUT2D eigenvalue weighted by Crippen LogP contribution is 2.29. The molecule has 1 N–H and O–H groups in total. The molecule has 0 aliphatic carbocycles. The van der Waals surface area contributed by atoms with Crippen LogP contribution < -0.4 is 0 Å². The van der Waals surface area contributed by atoms with Crippen molar-refractivity contribution in [3.8, 4) is 16.9 Å². The van der Waals surface area contributed by atoms with Crippen molar-refractivity contribution in [3.63, 3.8) is 0 Å². The molecule has 0 aromatic heterocycles. The van der Waals surface area contributed by atoms with E-state index in [0.29, 0.717) is 5.56 Å². The van der Waals surface area contributed by atoms with Crippen LogP contribution in [0.2, 0.25) is 0 Å². The van der Waals surface area contributed by atoms with Crippen molar-refractivity contribution in [2.75, 3.05) is 0 Å². The molecule has 2 heteroatoms. The first-order valence-corrected chi connectivity index (χ1v) is 5.06. The van der Waals surface area contributed by atoms with E-state index < -0.39 is 0 Å². The van der Waals surface area contributed by atoms with Gasteiger partial charge in [-0.15, -0.1) is 0 Å². The van der Waals surface area contributed by atoms with Gasteiger partial charge >= 0.3 is 0 Å². The van der Waals surface area contributed by atoms with Crippen LogP contribution in [0.5, 0.6) is 5.75 Å². The Morgan fingerprint density at radius 3 is 2.44 bits per heavy atom. The third-order valence-corrected chi connectivity index (χ3v) is 2.57. The van der Waals surface area contributed by atoms with E-state index in [1.54, 1.807) is 12.1 Å². The van der Waals surface area contributed by atoms with Gasteiger partial charge in [-0.05, 0) is 35.7 Å². The van der Waals surface area contributed by atoms with Gasteiger partial charge in [0.2, 0.25) is 0 Å². The molecule has 16 heavy (non-hydrogen) atoms. The number of benzene rings is 2. The number of carbonyl (C=O) groups excluding carboxylic acids is 1. The molecule has 2 rings (SSSR count). The minimum Gasteiger partial charge on any atom is -0.508 e. The summed E-state index contributed by atoms with van der Waals surface area (Å²) in [6, 6.07) is 12.8. The normalized spacial score (nSPS) is 10.1. The molecule has 0 spiro atoms. The average molecular weight is 212 g/mol. The van der Waals surface area contributed by atoms with Gasteiger partial charge in [0, 0.05) is 5.56 Å². The summed E-state index contributed by atoms with van der Waals surface area (Å²) < 4.78 is 0. The van der Waals surface area contributed by atoms with Crippen LogP contribution in [0.4, 0.5) is 0 Å². The van der Waals surface area contributed by atoms with Crippen molar-refractivity contribution in [3.05, 3.63) is 53.6 Å². The third kappa shape index (κ3) is 1.82. The Morgan fingerprint density at radius 1 is 1.12 bits per heavy atom. The van der Waals surface area contributed by atoms with E-state index >= 15 is 0 Å². The number of aldehydes is 1. The van der Waals surface area contributed by atoms with Crippen LogP contribution in [0.15, 0.2) is 42.5 Å². The maximum Gasteiger partial charge on any atom is 0.150 e. The second-order valence-corrected chi connectivity index (χ2v) is 3.71. The zero-order chi connectivity index (χ0) is 11.5. The molecular formula is C14H12O2. The van der Waals surface area contributed by atoms with Crippen molar-refractivity contribution >= 4 is 6.29 Å². The molecule has 0 amide bonds. The number of rotatable bonds is 2. The lowest BCUT2D eigenvalue weighted by Gasteiger charge is -2.08. The van der Waals surface area contributed by atoms with Crippen LogP contribution >= 0.6 is 0 Å². The molecule has 0 saturated heterocycles. The predicted octanol–water partition coefficient (Wildman–Crippen LogP) is 3.18. The summed E-state index contributed by atoms with van der Waals surface area (Å²) in [6.45, 7) is 1.82. The Kier molecular flexibility index (Phi) is 2.73. The van der Waals surface area contributed by atoms with Gasteiger partial charge in [-0.1, -0.05) is 30.3 Å². The summed E-state index contributed by atoms with van der Waals surface area (Å²) in [5.74, 6) is 0.182. The fourth-order valence-corrected chi connectivity index (χ4v) is 1.79. The van der Waals surface area contributed by atoms with Crippen LogP contribution in [-0.4, -0.2) is 11.4 Å². The van der Waals surface area contributed by atoms with Crippen molar-refractivity contribution in [2.24, 2.45) is 0 Å². The molecular weight excluding hydrogens is 200 g/mol. The molecule has 0 heterocycles. The minimum absolute atomic E-state index is 0.182. The number of aryl methyl sites for hydroxylation is 1. The average Bonchev–Trinajstić information content (AvgIpc) is 2.29. The number of phenols is 1. The molecule has 0 bridgehead atoms. The summed E-state index contributed by atoms with van der Waals surface area (Å²) in [5.41, 5.74) is 3.12. The summed E-state index contributed by atoms with van der Waals surface area (Å²) in [7, 11) is 0. The zero-order valence-electron chi connectivity index (χ0n) is 8.97. The molecule has 0 aliphatic heterocycles. The number of carbonyl (C=O) groups is 1. The maximum absolute atomic E-state index is 11.1. The van der Waals surface area contributed by atoms with E-state index in [2.05, 4.69) is 0 Å². The Hall–Kier alpha value is -2.09. The summed E-state index contributed by atoms with van der Waals surface area (Å²) in [4.78, 5) is 11.1. The SMILES string of the molecule is Cc1cc(O)cc(-c2ccccc2)c1C=O. The Bertz CT molecular complexity index is 516. The van der Waals surface area contributed by atoms with E-state index in [-0.39, 0.29) is 5.75 Å². The monoisotopic (exact) mass is 212 g/mol. The fourth-order valence-electron chi connectivity index (χ4n) is 1.79. The summed E-state index contributed by atoms with van der Waals surface area (Å²) in [6.07, 6.45) is 0.830. The standard InChI is InChI=1S/C14H12O2/c1-10-7-12(16)8-13(14(10)9-15)11-5-3-2-4-6-11/h2-9,16H,1H3. The predicted molar refractivity (Wildman–Crippen MR) is 63.7 cm³/mol. The highest BCUT2D eigenvalue weighted by molar-refractivity contribution is 5.90. The molecule has 0 fully saturated rings. The largest absolute Gasteiger partial charge is 0.508 e. The molecule has 2 aromatic rings. The molecule has 80 valence electrons. The zero-order valence-corrected chi connectivity index (χ0v) is 8.97. The van der Waals surface area contributed by atoms with Gasteiger partial charge < -0.3 is 5.11 Å². The van der Waals surface area contributed by atoms with Gasteiger partial charge in [0.15, 0.2) is 6.29 Å². The molecule has 0 saturated carbocycles. The first-order valence-electron chi connectivity index (χ1n) is 5.06. The van der Waals surface area contributed by atoms with Gasteiger partial charge in [0.1, 0.15) is 5.75 Å². The van der Waals surface area contributed by atoms with Crippen molar-refractivity contribution < 1.29 is 9.90 Å². The second kappa shape index (κ2) is 4.19. The molecule has 2 nitrogen and oxygen atoms in total. The topological polar surface area (TPSA) is 37.3 Å². The summed E-state index contributed by atoms with van der Waals surface area (Å²) in [5, 5.41) is 9.56. The molecule has 0 radical (unpaired) electrons. The lowest BCUT2D eigenvalue weighted by atomic mass is 9.96. The highest BCUT2D eigenvalue weighted by Gasteiger charge is 2.08. The molecule has 0 unspecified atom stereocenters. The smallest absolute Gasteiger partial charge is 0.150 e. The second-order valence-electron chi connectivity index (χ2n) is 3.71. The van der Waals surface area contributed by atoms with Crippen LogP contribution in [0, 0.1) is 6.92 Å². The highest BCUT2D eigenvalue weighted by atomic mass is 16.3.